The molecular formula is C6H14N2O4S2. The minimum absolute atomic E-state index is 0.157. The third-order valence-corrected chi connectivity index (χ3v) is 2.61. The number of rotatable bonds is 6. The van der Waals surface area contributed by atoms with Crippen LogP contribution in [0.3, 0.4) is 0 Å². The number of nitrogens with one attached hydrogen (secondary N) is 1. The van der Waals surface area contributed by atoms with E-state index in [1.165, 1.54) is 0 Å². The van der Waals surface area contributed by atoms with E-state index in [9.17, 15) is 13.2 Å². The Morgan fingerprint density at radius 2 is 2.21 bits per heavy atom. The molecule has 0 fully saturated rings. The highest BCUT2D eigenvalue weighted by atomic mass is 32.2. The predicted molar refractivity (Wildman–Crippen MR) is 55.9 cm³/mol. The molecule has 0 aliphatic rings. The first-order valence-corrected chi connectivity index (χ1v) is 6.20. The molecule has 1 amide bonds. The van der Waals surface area contributed by atoms with Crippen LogP contribution >= 0.6 is 12.6 Å². The van der Waals surface area contributed by atoms with Crippen LogP contribution in [0.5, 0.6) is 0 Å². The van der Waals surface area contributed by atoms with Crippen molar-refractivity contribution in [3.05, 3.63) is 0 Å². The Bertz CT molecular complexity index is 278. The monoisotopic (exact) mass is 244 g/mol. The van der Waals surface area contributed by atoms with Crippen LogP contribution in [-0.4, -0.2) is 43.0 Å². The molecule has 0 spiro atoms. The lowest BCUT2D eigenvalue weighted by atomic mass is 10.3. The normalized spacial score (nSPS) is 13.6. The molecule has 6 nitrogen and oxygen atoms in total. The van der Waals surface area contributed by atoms with Crippen LogP contribution in [0.1, 0.15) is 6.42 Å². The smallest absolute Gasteiger partial charge is 0.264 e. The van der Waals surface area contributed by atoms with E-state index < -0.39 is 16.2 Å². The fourth-order valence-electron chi connectivity index (χ4n) is 0.680. The average molecular weight is 244 g/mol. The Morgan fingerprint density at radius 1 is 1.64 bits per heavy atom. The van der Waals surface area contributed by atoms with Crippen LogP contribution in [0.4, 0.5) is 0 Å². The average Bonchev–Trinajstić information content (AvgIpc) is 2.09. The van der Waals surface area contributed by atoms with Gasteiger partial charge in [0.15, 0.2) is 0 Å². The van der Waals surface area contributed by atoms with Crippen LogP contribution < -0.4 is 11.1 Å². The molecule has 84 valence electrons. The fraction of sp³-hybridized carbons (Fsp3) is 0.833. The molecule has 14 heavy (non-hydrogen) atoms. The number of carbonyl (C=O) groups excluding carboxylic acids is 1. The zero-order valence-corrected chi connectivity index (χ0v) is 9.22. The Kier molecular flexibility index (Phi) is 6.09. The van der Waals surface area contributed by atoms with Crippen molar-refractivity contribution in [2.75, 3.05) is 18.1 Å². The Hall–Kier alpha value is -0.310. The van der Waals surface area contributed by atoms with Gasteiger partial charge in [0, 0.05) is 12.3 Å². The van der Waals surface area contributed by atoms with Crippen molar-refractivity contribution in [1.29, 1.82) is 0 Å². The van der Waals surface area contributed by atoms with Crippen LogP contribution in [-0.2, 0) is 14.9 Å². The maximum atomic E-state index is 11.0. The van der Waals surface area contributed by atoms with Gasteiger partial charge in [-0.2, -0.15) is 21.0 Å². The molecule has 0 aromatic rings. The van der Waals surface area contributed by atoms with Crippen LogP contribution in [0.15, 0.2) is 0 Å². The summed E-state index contributed by atoms with van der Waals surface area (Å²) in [5, 5.41) is 2.42. The molecule has 0 aliphatic heterocycles. The zero-order valence-electron chi connectivity index (χ0n) is 7.51. The summed E-state index contributed by atoms with van der Waals surface area (Å²) in [4.78, 5) is 11.0. The quantitative estimate of drug-likeness (QED) is 0.200. The Balaban J connectivity index is 3.61. The highest BCUT2D eigenvalue weighted by Gasteiger charge is 2.10. The van der Waals surface area contributed by atoms with E-state index >= 15 is 0 Å². The van der Waals surface area contributed by atoms with E-state index in [0.29, 0.717) is 0 Å². The number of hydrogen-bond donors (Lipinski definition) is 4. The second kappa shape index (κ2) is 6.23. The molecule has 0 heterocycles. The van der Waals surface area contributed by atoms with Gasteiger partial charge in [-0.1, -0.05) is 0 Å². The van der Waals surface area contributed by atoms with Gasteiger partial charge in [0.25, 0.3) is 10.1 Å². The van der Waals surface area contributed by atoms with E-state index in [1.54, 1.807) is 0 Å². The third-order valence-electron chi connectivity index (χ3n) is 1.41. The minimum atomic E-state index is -3.95. The topological polar surface area (TPSA) is 109 Å². The lowest BCUT2D eigenvalue weighted by Gasteiger charge is -2.08. The van der Waals surface area contributed by atoms with Gasteiger partial charge in [-0.15, -0.1) is 0 Å². The van der Waals surface area contributed by atoms with Crippen LogP contribution in [0.2, 0.25) is 0 Å². The molecule has 0 aromatic heterocycles. The summed E-state index contributed by atoms with van der Waals surface area (Å²) in [5.41, 5.74) is 5.33. The molecule has 0 aromatic carbocycles. The maximum absolute atomic E-state index is 11.0. The molecule has 0 saturated heterocycles. The Morgan fingerprint density at radius 3 is 2.64 bits per heavy atom. The molecule has 1 atom stereocenters. The number of carbonyl (C=O) groups is 1. The van der Waals surface area contributed by atoms with E-state index in [0.717, 1.165) is 0 Å². The van der Waals surface area contributed by atoms with Crippen molar-refractivity contribution in [2.24, 2.45) is 5.73 Å². The molecular weight excluding hydrogens is 230 g/mol. The van der Waals surface area contributed by atoms with Gasteiger partial charge in [-0.3, -0.25) is 9.35 Å². The first kappa shape index (κ1) is 13.7. The summed E-state index contributed by atoms with van der Waals surface area (Å²) in [5.74, 6) is -0.525. The fourth-order valence-corrected chi connectivity index (χ4v) is 1.36. The predicted octanol–water partition coefficient (Wildman–Crippen LogP) is -1.36. The zero-order chi connectivity index (χ0) is 11.2. The van der Waals surface area contributed by atoms with Gasteiger partial charge in [0.2, 0.25) is 5.91 Å². The van der Waals surface area contributed by atoms with Gasteiger partial charge in [-0.25, -0.2) is 0 Å². The van der Waals surface area contributed by atoms with Crippen LogP contribution in [0.25, 0.3) is 0 Å². The molecule has 8 heteroatoms. The molecule has 4 N–H and O–H groups in total. The second-order valence-corrected chi connectivity index (χ2v) is 4.66. The standard InChI is InChI=1S/C6H14N2O4S2/c7-5(4-13)6(9)8-2-1-3-14(10,11)12/h5,13H,1-4,7H2,(H,8,9)(H,10,11,12)/t5-/m0/s1/i9+2. The van der Waals surface area contributed by atoms with Crippen LogP contribution in [0, 0.1) is 0 Å². The van der Waals surface area contributed by atoms with E-state index in [1.807, 2.05) is 0 Å². The SMILES string of the molecule is N[C@@H](CS)C(=[18O])NCCCS(=O)(=O)O. The van der Waals surface area contributed by atoms with Gasteiger partial charge >= 0.3 is 0 Å². The molecule has 0 saturated carbocycles. The van der Waals surface area contributed by atoms with E-state index in [-0.39, 0.29) is 30.4 Å². The third kappa shape index (κ3) is 7.13. The van der Waals surface area contributed by atoms with Crippen molar-refractivity contribution in [3.63, 3.8) is 0 Å². The summed E-state index contributed by atoms with van der Waals surface area (Å²) >= 11 is 3.82. The Labute approximate surface area is 88.4 Å². The lowest BCUT2D eigenvalue weighted by Crippen LogP contribution is -2.42. The molecule has 0 rings (SSSR count). The number of amides is 1. The molecule has 0 bridgehead atoms. The van der Waals surface area contributed by atoms with Crippen molar-refractivity contribution in [3.8, 4) is 0 Å². The summed E-state index contributed by atoms with van der Waals surface area (Å²) in [6.45, 7) is 0.167. The summed E-state index contributed by atoms with van der Waals surface area (Å²) in [7, 11) is -3.95. The van der Waals surface area contributed by atoms with Crippen molar-refractivity contribution >= 4 is 28.7 Å². The number of thiol groups is 1. The van der Waals surface area contributed by atoms with Gasteiger partial charge in [0.1, 0.15) is 0 Å². The van der Waals surface area contributed by atoms with E-state index in [2.05, 4.69) is 17.9 Å². The van der Waals surface area contributed by atoms with Gasteiger partial charge < -0.3 is 11.1 Å². The van der Waals surface area contributed by atoms with Crippen molar-refractivity contribution < 1.29 is 17.8 Å². The minimum Gasteiger partial charge on any atom is -0.355 e. The highest BCUT2D eigenvalue weighted by Crippen LogP contribution is 1.88. The number of hydrogen-bond acceptors (Lipinski definition) is 5. The first-order valence-electron chi connectivity index (χ1n) is 3.96. The highest BCUT2D eigenvalue weighted by molar-refractivity contribution is 7.85. The number of nitrogens with two attached hydrogens (primary N) is 1. The lowest BCUT2D eigenvalue weighted by molar-refractivity contribution is -0.121. The maximum Gasteiger partial charge on any atom is 0.264 e. The van der Waals surface area contributed by atoms with E-state index in [4.69, 9.17) is 10.3 Å². The van der Waals surface area contributed by atoms with Gasteiger partial charge in [0.05, 0.1) is 11.8 Å². The van der Waals surface area contributed by atoms with Crippen molar-refractivity contribution in [1.82, 2.24) is 5.32 Å². The summed E-state index contributed by atoms with van der Waals surface area (Å²) in [6.07, 6.45) is 0.157. The molecule has 0 radical (unpaired) electrons. The first-order chi connectivity index (χ1) is 6.37. The molecule has 0 aliphatic carbocycles. The molecule has 0 unspecified atom stereocenters. The van der Waals surface area contributed by atoms with Crippen molar-refractivity contribution in [2.45, 2.75) is 12.5 Å². The summed E-state index contributed by atoms with van der Waals surface area (Å²) < 4.78 is 28.9. The van der Waals surface area contributed by atoms with Gasteiger partial charge in [-0.05, 0) is 6.42 Å². The largest absolute Gasteiger partial charge is 0.355 e. The summed E-state index contributed by atoms with van der Waals surface area (Å²) in [6, 6.07) is -0.691. The second-order valence-electron chi connectivity index (χ2n) is 2.72.